The third-order valence-electron chi connectivity index (χ3n) is 2.48. The van der Waals surface area contributed by atoms with Gasteiger partial charge in [0.25, 0.3) is 0 Å². The number of hydrogen-bond donors (Lipinski definition) is 1. The lowest BCUT2D eigenvalue weighted by Gasteiger charge is -2.08. The summed E-state index contributed by atoms with van der Waals surface area (Å²) in [4.78, 5) is 11.7. The fraction of sp³-hybridized carbons (Fsp3) is 0.308. The number of anilines is 1. The number of alkyl halides is 3. The lowest BCUT2D eigenvalue weighted by molar-refractivity contribution is -0.137. The van der Waals surface area contributed by atoms with E-state index in [-0.39, 0.29) is 12.5 Å². The average Bonchev–Trinajstić information content (AvgIpc) is 2.45. The van der Waals surface area contributed by atoms with Crippen molar-refractivity contribution in [2.75, 3.05) is 18.5 Å². The van der Waals surface area contributed by atoms with E-state index < -0.39 is 11.7 Å². The van der Waals surface area contributed by atoms with Gasteiger partial charge in [-0.05, 0) is 18.6 Å². The topological polar surface area (TPSA) is 59.9 Å². The molecule has 21 heavy (non-hydrogen) atoms. The number of aryl methyl sites for hydroxylation is 1. The molecule has 2 aromatic heterocycles. The number of nitrogens with one attached hydrogen (secondary N) is 1. The molecule has 0 atom stereocenters. The van der Waals surface area contributed by atoms with Crippen molar-refractivity contribution in [2.45, 2.75) is 13.1 Å². The molecule has 112 valence electrons. The zero-order valence-corrected chi connectivity index (χ0v) is 11.2. The number of hydrogen-bond acceptors (Lipinski definition) is 5. The van der Waals surface area contributed by atoms with E-state index in [1.54, 1.807) is 12.4 Å². The van der Waals surface area contributed by atoms with Crippen LogP contribution in [0.15, 0.2) is 30.7 Å². The zero-order chi connectivity index (χ0) is 15.3. The van der Waals surface area contributed by atoms with Crippen LogP contribution < -0.4 is 10.1 Å². The van der Waals surface area contributed by atoms with Crippen LogP contribution in [0.4, 0.5) is 19.1 Å². The average molecular weight is 298 g/mol. The van der Waals surface area contributed by atoms with Crippen molar-refractivity contribution in [1.29, 1.82) is 0 Å². The molecule has 2 heterocycles. The molecule has 0 radical (unpaired) electrons. The van der Waals surface area contributed by atoms with Crippen LogP contribution in [-0.4, -0.2) is 28.1 Å². The summed E-state index contributed by atoms with van der Waals surface area (Å²) < 4.78 is 42.2. The van der Waals surface area contributed by atoms with Crippen molar-refractivity contribution in [3.63, 3.8) is 0 Å². The molecule has 0 saturated heterocycles. The second kappa shape index (κ2) is 6.38. The number of halogens is 3. The lowest BCUT2D eigenvalue weighted by Crippen LogP contribution is -2.14. The van der Waals surface area contributed by atoms with Gasteiger partial charge in [0.15, 0.2) is 0 Å². The summed E-state index contributed by atoms with van der Waals surface area (Å²) in [5, 5.41) is 2.92. The van der Waals surface area contributed by atoms with E-state index in [1.165, 1.54) is 6.07 Å². The summed E-state index contributed by atoms with van der Waals surface area (Å²) in [6.45, 7) is 2.52. The summed E-state index contributed by atoms with van der Waals surface area (Å²) >= 11 is 0. The van der Waals surface area contributed by atoms with Crippen molar-refractivity contribution in [2.24, 2.45) is 0 Å². The summed E-state index contributed by atoms with van der Waals surface area (Å²) in [5.74, 6) is 0.596. The Morgan fingerprint density at radius 1 is 1.10 bits per heavy atom. The molecular weight excluding hydrogens is 285 g/mol. The molecule has 8 heteroatoms. The van der Waals surface area contributed by atoms with Crippen LogP contribution >= 0.6 is 0 Å². The van der Waals surface area contributed by atoms with Crippen molar-refractivity contribution in [3.8, 4) is 5.88 Å². The summed E-state index contributed by atoms with van der Waals surface area (Å²) in [7, 11) is 0. The van der Waals surface area contributed by atoms with Gasteiger partial charge in [0.1, 0.15) is 6.61 Å². The van der Waals surface area contributed by atoms with Crippen LogP contribution in [0.2, 0.25) is 0 Å². The van der Waals surface area contributed by atoms with Crippen LogP contribution in [-0.2, 0) is 6.18 Å². The van der Waals surface area contributed by atoms with Gasteiger partial charge < -0.3 is 10.1 Å². The van der Waals surface area contributed by atoms with Crippen LogP contribution in [0, 0.1) is 6.92 Å². The van der Waals surface area contributed by atoms with Gasteiger partial charge in [-0.3, -0.25) is 0 Å². The Hall–Kier alpha value is -2.38. The molecule has 2 rings (SSSR count). The Balaban J connectivity index is 1.77. The smallest absolute Gasteiger partial charge is 0.417 e. The summed E-state index contributed by atoms with van der Waals surface area (Å²) in [6, 6.07) is 2.12. The number of ether oxygens (including phenoxy) is 1. The van der Waals surface area contributed by atoms with E-state index in [0.717, 1.165) is 17.8 Å². The van der Waals surface area contributed by atoms with Gasteiger partial charge in [0.05, 0.1) is 12.1 Å². The molecule has 0 unspecified atom stereocenters. The molecule has 0 aliphatic heterocycles. The molecule has 0 aliphatic rings. The van der Waals surface area contributed by atoms with E-state index in [4.69, 9.17) is 4.74 Å². The lowest BCUT2D eigenvalue weighted by atomic mass is 10.3. The Kier molecular flexibility index (Phi) is 4.56. The highest BCUT2D eigenvalue weighted by Crippen LogP contribution is 2.29. The normalized spacial score (nSPS) is 11.2. The molecule has 0 saturated carbocycles. The fourth-order valence-corrected chi connectivity index (χ4v) is 1.44. The quantitative estimate of drug-likeness (QED) is 0.860. The largest absolute Gasteiger partial charge is 0.476 e. The van der Waals surface area contributed by atoms with Crippen LogP contribution in [0.5, 0.6) is 5.88 Å². The third kappa shape index (κ3) is 4.59. The molecule has 0 aliphatic carbocycles. The van der Waals surface area contributed by atoms with Gasteiger partial charge in [-0.2, -0.15) is 13.2 Å². The standard InChI is InChI=1S/C13H13F3N4O/c1-9-6-19-12(20-7-9)17-4-5-21-11-3-2-10(8-18-11)13(14,15)16/h2-3,6-8H,4-5H2,1H3,(H,17,19,20). The second-order valence-corrected chi connectivity index (χ2v) is 4.24. The SMILES string of the molecule is Cc1cnc(NCCOc2ccc(C(F)(F)F)cn2)nc1. The highest BCUT2D eigenvalue weighted by atomic mass is 19.4. The first-order valence-corrected chi connectivity index (χ1v) is 6.14. The van der Waals surface area contributed by atoms with E-state index >= 15 is 0 Å². The van der Waals surface area contributed by atoms with E-state index in [0.29, 0.717) is 12.5 Å². The van der Waals surface area contributed by atoms with Crippen LogP contribution in [0.1, 0.15) is 11.1 Å². The number of pyridine rings is 1. The monoisotopic (exact) mass is 298 g/mol. The minimum Gasteiger partial charge on any atom is -0.476 e. The van der Waals surface area contributed by atoms with Crippen molar-refractivity contribution in [3.05, 3.63) is 41.9 Å². The highest BCUT2D eigenvalue weighted by molar-refractivity contribution is 5.24. The minimum atomic E-state index is -4.39. The maximum Gasteiger partial charge on any atom is 0.417 e. The predicted molar refractivity (Wildman–Crippen MR) is 70.0 cm³/mol. The Labute approximate surface area is 119 Å². The highest BCUT2D eigenvalue weighted by Gasteiger charge is 2.30. The molecule has 0 amide bonds. The van der Waals surface area contributed by atoms with Gasteiger partial charge in [0.2, 0.25) is 11.8 Å². The first kappa shape index (κ1) is 15.0. The zero-order valence-electron chi connectivity index (χ0n) is 11.2. The second-order valence-electron chi connectivity index (χ2n) is 4.24. The Morgan fingerprint density at radius 2 is 1.81 bits per heavy atom. The summed E-state index contributed by atoms with van der Waals surface area (Å²) in [5.41, 5.74) is 0.145. The Bertz CT molecular complexity index is 569. The molecule has 0 fully saturated rings. The molecule has 1 N–H and O–H groups in total. The van der Waals surface area contributed by atoms with Gasteiger partial charge in [0, 0.05) is 24.7 Å². The van der Waals surface area contributed by atoms with Crippen molar-refractivity contribution in [1.82, 2.24) is 15.0 Å². The molecule has 0 aromatic carbocycles. The molecule has 2 aromatic rings. The minimum absolute atomic E-state index is 0.134. The van der Waals surface area contributed by atoms with Gasteiger partial charge >= 0.3 is 6.18 Å². The molecule has 0 bridgehead atoms. The van der Waals surface area contributed by atoms with Crippen LogP contribution in [0.25, 0.3) is 0 Å². The number of rotatable bonds is 5. The van der Waals surface area contributed by atoms with Crippen molar-refractivity contribution >= 4 is 5.95 Å². The maximum absolute atomic E-state index is 12.3. The van der Waals surface area contributed by atoms with Gasteiger partial charge in [-0.25, -0.2) is 15.0 Å². The van der Waals surface area contributed by atoms with E-state index in [2.05, 4.69) is 20.3 Å². The van der Waals surface area contributed by atoms with Gasteiger partial charge in [-0.1, -0.05) is 0 Å². The van der Waals surface area contributed by atoms with Crippen molar-refractivity contribution < 1.29 is 17.9 Å². The first-order chi connectivity index (χ1) is 9.95. The number of aromatic nitrogens is 3. The third-order valence-corrected chi connectivity index (χ3v) is 2.48. The fourth-order valence-electron chi connectivity index (χ4n) is 1.44. The molecule has 5 nitrogen and oxygen atoms in total. The predicted octanol–water partition coefficient (Wildman–Crippen LogP) is 2.69. The Morgan fingerprint density at radius 3 is 2.38 bits per heavy atom. The first-order valence-electron chi connectivity index (χ1n) is 6.14. The number of nitrogens with zero attached hydrogens (tertiary/aromatic N) is 3. The molecular formula is C13H13F3N4O. The van der Waals surface area contributed by atoms with E-state index in [1.807, 2.05) is 6.92 Å². The van der Waals surface area contributed by atoms with Crippen LogP contribution in [0.3, 0.4) is 0 Å². The molecule has 0 spiro atoms. The van der Waals surface area contributed by atoms with E-state index in [9.17, 15) is 13.2 Å². The van der Waals surface area contributed by atoms with Gasteiger partial charge in [-0.15, -0.1) is 0 Å². The summed E-state index contributed by atoms with van der Waals surface area (Å²) in [6.07, 6.45) is -0.303. The maximum atomic E-state index is 12.3.